The Morgan fingerprint density at radius 3 is 2.58 bits per heavy atom. The van der Waals surface area contributed by atoms with Gasteiger partial charge in [0.25, 0.3) is 0 Å². The number of halogens is 2. The first-order valence-electron chi connectivity index (χ1n) is 8.53. The van der Waals surface area contributed by atoms with E-state index in [1.54, 1.807) is 0 Å². The maximum Gasteiger partial charge on any atom is 0.191 e. The molecule has 2 rings (SSSR count). The van der Waals surface area contributed by atoms with Crippen molar-refractivity contribution in [1.29, 1.82) is 0 Å². The van der Waals surface area contributed by atoms with Crippen LogP contribution in [0.3, 0.4) is 0 Å². The van der Waals surface area contributed by atoms with Gasteiger partial charge in [-0.2, -0.15) is 0 Å². The van der Waals surface area contributed by atoms with Crippen LogP contribution in [-0.2, 0) is 26.7 Å². The number of guanidine groups is 1. The van der Waals surface area contributed by atoms with Gasteiger partial charge in [0, 0.05) is 44.6 Å². The Hall–Kier alpha value is -1.61. The molecule has 1 aromatic heterocycles. The van der Waals surface area contributed by atoms with Crippen molar-refractivity contribution in [3.8, 4) is 0 Å². The predicted molar refractivity (Wildman–Crippen MR) is 116 cm³/mol. The molecule has 0 unspecified atom stereocenters. The van der Waals surface area contributed by atoms with E-state index in [1.165, 1.54) is 6.07 Å². The highest BCUT2D eigenvalue weighted by molar-refractivity contribution is 14.0. The van der Waals surface area contributed by atoms with Crippen molar-refractivity contribution in [2.45, 2.75) is 26.6 Å². The van der Waals surface area contributed by atoms with Crippen LogP contribution in [0.25, 0.3) is 0 Å². The normalized spacial score (nSPS) is 11.4. The van der Waals surface area contributed by atoms with Crippen molar-refractivity contribution in [2.75, 3.05) is 20.6 Å². The third-order valence-electron chi connectivity index (χ3n) is 3.71. The molecule has 0 atom stereocenters. The number of benzene rings is 1. The smallest absolute Gasteiger partial charge is 0.191 e. The lowest BCUT2D eigenvalue weighted by Gasteiger charge is -2.14. The maximum absolute atomic E-state index is 13.9. The van der Waals surface area contributed by atoms with E-state index in [9.17, 15) is 4.39 Å². The van der Waals surface area contributed by atoms with E-state index in [-0.39, 0.29) is 29.8 Å². The molecule has 2 aromatic rings. The van der Waals surface area contributed by atoms with Gasteiger partial charge in [-0.25, -0.2) is 9.38 Å². The maximum atomic E-state index is 13.9. The first-order valence-corrected chi connectivity index (χ1v) is 8.53. The Bertz CT molecular complexity index is 712. The van der Waals surface area contributed by atoms with Crippen LogP contribution in [0, 0.1) is 5.82 Å². The van der Waals surface area contributed by atoms with Gasteiger partial charge in [-0.3, -0.25) is 0 Å². The lowest BCUT2D eigenvalue weighted by Crippen LogP contribution is -2.36. The number of nitrogens with zero attached hydrogens (tertiary/aromatic N) is 3. The molecular formula is C19H29FIN5. The van der Waals surface area contributed by atoms with Gasteiger partial charge in [-0.1, -0.05) is 6.07 Å². The zero-order valence-electron chi connectivity index (χ0n) is 15.9. The standard InChI is InChI=1S/C19H28FN5.HI/c1-5-21-19(23-12-16-8-9-25(4)13-16)22-11-15-6-7-18(20)17(10-15)14-24(2)3;/h6-10,13H,5,11-12,14H2,1-4H3,(H2,21,22,23);1H. The van der Waals surface area contributed by atoms with Crippen LogP contribution in [0.15, 0.2) is 41.7 Å². The predicted octanol–water partition coefficient (Wildman–Crippen LogP) is 3.10. The summed E-state index contributed by atoms with van der Waals surface area (Å²) in [6, 6.07) is 7.30. The van der Waals surface area contributed by atoms with Crippen molar-refractivity contribution >= 4 is 29.9 Å². The monoisotopic (exact) mass is 473 g/mol. The molecule has 0 fully saturated rings. The van der Waals surface area contributed by atoms with E-state index in [2.05, 4.69) is 27.9 Å². The van der Waals surface area contributed by atoms with Crippen molar-refractivity contribution in [3.63, 3.8) is 0 Å². The fourth-order valence-electron chi connectivity index (χ4n) is 2.55. The molecule has 0 spiro atoms. The van der Waals surface area contributed by atoms with Gasteiger partial charge < -0.3 is 20.1 Å². The van der Waals surface area contributed by atoms with Gasteiger partial charge in [-0.05, 0) is 50.3 Å². The summed E-state index contributed by atoms with van der Waals surface area (Å²) in [5.74, 6) is 0.590. The lowest BCUT2D eigenvalue weighted by molar-refractivity contribution is 0.392. The van der Waals surface area contributed by atoms with Crippen molar-refractivity contribution < 1.29 is 4.39 Å². The van der Waals surface area contributed by atoms with Crippen LogP contribution in [0.1, 0.15) is 23.6 Å². The van der Waals surface area contributed by atoms with Crippen LogP contribution in [0.5, 0.6) is 0 Å². The van der Waals surface area contributed by atoms with E-state index in [0.717, 1.165) is 23.6 Å². The van der Waals surface area contributed by atoms with Crippen molar-refractivity contribution in [1.82, 2.24) is 20.1 Å². The molecule has 0 bridgehead atoms. The molecule has 1 aromatic carbocycles. The second-order valence-corrected chi connectivity index (χ2v) is 6.40. The first-order chi connectivity index (χ1) is 12.0. The highest BCUT2D eigenvalue weighted by atomic mass is 127. The molecule has 7 heteroatoms. The van der Waals surface area contributed by atoms with Gasteiger partial charge >= 0.3 is 0 Å². The zero-order valence-corrected chi connectivity index (χ0v) is 18.3. The SMILES string of the molecule is CCNC(=NCc1ccn(C)c1)NCc1ccc(F)c(CN(C)C)c1.I. The second-order valence-electron chi connectivity index (χ2n) is 6.40. The third-order valence-corrected chi connectivity index (χ3v) is 3.71. The zero-order chi connectivity index (χ0) is 18.2. The average molecular weight is 473 g/mol. The second kappa shape index (κ2) is 11.2. The summed E-state index contributed by atoms with van der Waals surface area (Å²) in [4.78, 5) is 6.56. The van der Waals surface area contributed by atoms with Crippen LogP contribution < -0.4 is 10.6 Å². The highest BCUT2D eigenvalue weighted by Crippen LogP contribution is 2.12. The van der Waals surface area contributed by atoms with E-state index in [0.29, 0.717) is 25.2 Å². The molecule has 1 heterocycles. The molecule has 0 amide bonds. The lowest BCUT2D eigenvalue weighted by atomic mass is 10.1. The Kier molecular flexibility index (Phi) is 9.64. The molecule has 5 nitrogen and oxygen atoms in total. The summed E-state index contributed by atoms with van der Waals surface area (Å²) < 4.78 is 15.9. The third kappa shape index (κ3) is 7.33. The molecule has 0 saturated heterocycles. The van der Waals surface area contributed by atoms with Gasteiger partial charge in [0.1, 0.15) is 5.82 Å². The summed E-state index contributed by atoms with van der Waals surface area (Å²) in [6.07, 6.45) is 4.07. The molecule has 0 radical (unpaired) electrons. The summed E-state index contributed by atoms with van der Waals surface area (Å²) >= 11 is 0. The highest BCUT2D eigenvalue weighted by Gasteiger charge is 2.06. The molecule has 0 saturated carbocycles. The molecule has 0 aliphatic carbocycles. The summed E-state index contributed by atoms with van der Waals surface area (Å²) in [5, 5.41) is 6.55. The van der Waals surface area contributed by atoms with Crippen LogP contribution in [0.4, 0.5) is 4.39 Å². The molecule has 144 valence electrons. The number of aryl methyl sites for hydroxylation is 1. The minimum Gasteiger partial charge on any atom is -0.357 e. The van der Waals surface area contributed by atoms with Gasteiger partial charge in [0.2, 0.25) is 0 Å². The summed E-state index contributed by atoms with van der Waals surface area (Å²) in [6.45, 7) is 4.62. The number of hydrogen-bond donors (Lipinski definition) is 2. The van der Waals surface area contributed by atoms with E-state index >= 15 is 0 Å². The number of rotatable bonds is 7. The number of nitrogens with one attached hydrogen (secondary N) is 2. The van der Waals surface area contributed by atoms with Crippen LogP contribution >= 0.6 is 24.0 Å². The fraction of sp³-hybridized carbons (Fsp3) is 0.421. The fourth-order valence-corrected chi connectivity index (χ4v) is 2.55. The molecule has 26 heavy (non-hydrogen) atoms. The Morgan fingerprint density at radius 2 is 1.96 bits per heavy atom. The van der Waals surface area contributed by atoms with Gasteiger partial charge in [-0.15, -0.1) is 24.0 Å². The largest absolute Gasteiger partial charge is 0.357 e. The van der Waals surface area contributed by atoms with E-state index in [1.807, 2.05) is 55.9 Å². The first kappa shape index (κ1) is 22.4. The van der Waals surface area contributed by atoms with Crippen molar-refractivity contribution in [3.05, 3.63) is 59.2 Å². The van der Waals surface area contributed by atoms with Gasteiger partial charge in [0.15, 0.2) is 5.96 Å². The minimum absolute atomic E-state index is 0. The quantitative estimate of drug-likeness (QED) is 0.369. The molecule has 2 N–H and O–H groups in total. The van der Waals surface area contributed by atoms with Crippen LogP contribution in [0.2, 0.25) is 0 Å². The summed E-state index contributed by atoms with van der Waals surface area (Å²) in [7, 11) is 5.87. The minimum atomic E-state index is -0.165. The van der Waals surface area contributed by atoms with E-state index in [4.69, 9.17) is 0 Å². The van der Waals surface area contributed by atoms with Crippen molar-refractivity contribution in [2.24, 2.45) is 12.0 Å². The Balaban J connectivity index is 0.00000338. The number of aromatic nitrogens is 1. The van der Waals surface area contributed by atoms with Gasteiger partial charge in [0.05, 0.1) is 6.54 Å². The molecular weight excluding hydrogens is 444 g/mol. The molecule has 0 aliphatic heterocycles. The van der Waals surface area contributed by atoms with Crippen LogP contribution in [-0.4, -0.2) is 36.1 Å². The van der Waals surface area contributed by atoms with E-state index < -0.39 is 0 Å². The number of aliphatic imine (C=N–C) groups is 1. The topological polar surface area (TPSA) is 44.6 Å². The number of hydrogen-bond acceptors (Lipinski definition) is 2. The Labute approximate surface area is 172 Å². The molecule has 0 aliphatic rings. The Morgan fingerprint density at radius 1 is 1.19 bits per heavy atom. The summed E-state index contributed by atoms with van der Waals surface area (Å²) in [5.41, 5.74) is 2.90. The average Bonchev–Trinajstić information content (AvgIpc) is 2.98.